The molecule has 0 fully saturated rings. The van der Waals surface area contributed by atoms with Gasteiger partial charge in [-0.3, -0.25) is 25.3 Å². The van der Waals surface area contributed by atoms with Crippen molar-refractivity contribution in [1.29, 1.82) is 0 Å². The Morgan fingerprint density at radius 2 is 2.00 bits per heavy atom. The van der Waals surface area contributed by atoms with Crippen LogP contribution in [0.4, 0.5) is 30.2 Å². The molecule has 0 aliphatic rings. The van der Waals surface area contributed by atoms with Gasteiger partial charge < -0.3 is 10.5 Å². The molecule has 0 atom stereocenters. The lowest BCUT2D eigenvalue weighted by Gasteiger charge is -2.26. The Bertz CT molecular complexity index is 874. The summed E-state index contributed by atoms with van der Waals surface area (Å²) in [6.45, 7) is 0.0146. The maximum Gasteiger partial charge on any atom is 0.416 e. The number of hydrogen-bond donors (Lipinski definition) is 2. The normalized spacial score (nSPS) is 11.0. The number of hydrazine groups is 1. The number of hydrogen-bond acceptors (Lipinski definition) is 6. The van der Waals surface area contributed by atoms with E-state index in [0.29, 0.717) is 17.5 Å². The molecule has 2 aromatic carbocycles. The van der Waals surface area contributed by atoms with E-state index in [1.165, 1.54) is 12.1 Å². The van der Waals surface area contributed by atoms with Gasteiger partial charge in [-0.1, -0.05) is 6.07 Å². The first-order valence-electron chi connectivity index (χ1n) is 7.94. The first-order chi connectivity index (χ1) is 13.1. The number of carbonyl (C=O) groups is 1. The number of methoxy groups -OCH3 is 1. The Labute approximate surface area is 157 Å². The average Bonchev–Trinajstić information content (AvgIpc) is 2.64. The molecule has 8 nitrogen and oxygen atoms in total. The zero-order valence-electron chi connectivity index (χ0n) is 14.7. The zero-order chi connectivity index (χ0) is 20.9. The number of halogens is 3. The first-order valence-corrected chi connectivity index (χ1v) is 7.94. The Morgan fingerprint density at radius 1 is 1.29 bits per heavy atom. The number of ether oxygens (including phenoxy) is 1. The summed E-state index contributed by atoms with van der Waals surface area (Å²) in [7, 11) is 1.45. The van der Waals surface area contributed by atoms with Gasteiger partial charge in [0.2, 0.25) is 5.91 Å². The van der Waals surface area contributed by atoms with E-state index in [0.717, 1.165) is 12.1 Å². The number of nitro groups is 1. The number of primary amides is 1. The molecule has 150 valence electrons. The van der Waals surface area contributed by atoms with Gasteiger partial charge in [0.15, 0.2) is 0 Å². The van der Waals surface area contributed by atoms with Crippen molar-refractivity contribution in [3.8, 4) is 5.75 Å². The third-order valence-electron chi connectivity index (χ3n) is 3.72. The van der Waals surface area contributed by atoms with Crippen LogP contribution in [-0.2, 0) is 11.0 Å². The molecule has 0 spiro atoms. The Kier molecular flexibility index (Phi) is 6.29. The number of rotatable bonds is 8. The number of nitrogens with two attached hydrogens (primary N) is 1. The summed E-state index contributed by atoms with van der Waals surface area (Å²) in [6, 6.07) is 8.66. The maximum atomic E-state index is 12.9. The zero-order valence-corrected chi connectivity index (χ0v) is 14.7. The molecular formula is C17H17F3N4O4. The summed E-state index contributed by atoms with van der Waals surface area (Å²) in [5, 5.41) is 12.6. The lowest BCUT2D eigenvalue weighted by Crippen LogP contribution is -2.33. The number of alkyl halides is 3. The number of carbonyl (C=O) groups excluding carboxylic acids is 1. The van der Waals surface area contributed by atoms with E-state index in [-0.39, 0.29) is 18.7 Å². The molecule has 2 aromatic rings. The van der Waals surface area contributed by atoms with Crippen LogP contribution in [0.2, 0.25) is 0 Å². The van der Waals surface area contributed by atoms with Gasteiger partial charge in [0.05, 0.1) is 23.3 Å². The molecule has 0 bridgehead atoms. The molecule has 0 aromatic heterocycles. The minimum atomic E-state index is -4.72. The fraction of sp³-hybridized carbons (Fsp3) is 0.235. The Balaban J connectivity index is 2.42. The van der Waals surface area contributed by atoms with Crippen LogP contribution in [0.25, 0.3) is 0 Å². The first kappa shape index (κ1) is 20.8. The molecular weight excluding hydrogens is 381 g/mol. The number of anilines is 2. The molecule has 28 heavy (non-hydrogen) atoms. The van der Waals surface area contributed by atoms with E-state index in [9.17, 15) is 28.1 Å². The summed E-state index contributed by atoms with van der Waals surface area (Å²) in [5.74, 6) is -0.137. The SMILES string of the molecule is COc1cccc(N(CCC(N)=O)Nc2ccc(C(F)(F)F)cc2[N+](=O)[O-])c1. The van der Waals surface area contributed by atoms with Crippen LogP contribution in [0, 0.1) is 10.1 Å². The van der Waals surface area contributed by atoms with E-state index in [2.05, 4.69) is 5.43 Å². The van der Waals surface area contributed by atoms with Crippen molar-refractivity contribution in [2.24, 2.45) is 5.73 Å². The summed E-state index contributed by atoms with van der Waals surface area (Å²) >= 11 is 0. The minimum Gasteiger partial charge on any atom is -0.497 e. The van der Waals surface area contributed by atoms with Crippen molar-refractivity contribution in [3.05, 3.63) is 58.1 Å². The van der Waals surface area contributed by atoms with E-state index in [4.69, 9.17) is 10.5 Å². The van der Waals surface area contributed by atoms with Crippen LogP contribution >= 0.6 is 0 Å². The second-order valence-electron chi connectivity index (χ2n) is 5.67. The molecule has 3 N–H and O–H groups in total. The van der Waals surface area contributed by atoms with Gasteiger partial charge >= 0.3 is 6.18 Å². The summed E-state index contributed by atoms with van der Waals surface area (Å²) < 4.78 is 43.7. The quantitative estimate of drug-likeness (QED) is 0.521. The van der Waals surface area contributed by atoms with E-state index < -0.39 is 28.3 Å². The molecule has 0 aliphatic carbocycles. The number of nitrogens with zero attached hydrogens (tertiary/aromatic N) is 2. The fourth-order valence-electron chi connectivity index (χ4n) is 2.35. The molecule has 2 rings (SSSR count). The highest BCUT2D eigenvalue weighted by atomic mass is 19.4. The Hall–Kier alpha value is -3.50. The van der Waals surface area contributed by atoms with Crippen molar-refractivity contribution in [2.45, 2.75) is 12.6 Å². The van der Waals surface area contributed by atoms with Gasteiger partial charge in [-0.15, -0.1) is 0 Å². The monoisotopic (exact) mass is 398 g/mol. The lowest BCUT2D eigenvalue weighted by atomic mass is 10.1. The molecule has 0 saturated carbocycles. The summed E-state index contributed by atoms with van der Waals surface area (Å²) in [4.78, 5) is 21.5. The Morgan fingerprint density at radius 3 is 2.57 bits per heavy atom. The summed E-state index contributed by atoms with van der Waals surface area (Å²) in [5.41, 5.74) is 6.24. The number of nitrogens with one attached hydrogen (secondary N) is 1. The molecule has 11 heteroatoms. The van der Waals surface area contributed by atoms with Crippen molar-refractivity contribution >= 4 is 23.0 Å². The van der Waals surface area contributed by atoms with Crippen LogP contribution in [-0.4, -0.2) is 24.5 Å². The molecule has 0 radical (unpaired) electrons. The van der Waals surface area contributed by atoms with Gasteiger partial charge in [-0.2, -0.15) is 13.2 Å². The number of benzene rings is 2. The van der Waals surface area contributed by atoms with Gasteiger partial charge in [-0.25, -0.2) is 0 Å². The smallest absolute Gasteiger partial charge is 0.416 e. The molecule has 0 heterocycles. The van der Waals surface area contributed by atoms with Crippen molar-refractivity contribution in [1.82, 2.24) is 0 Å². The number of nitro benzene ring substituents is 1. The molecule has 0 unspecified atom stereocenters. The van der Waals surface area contributed by atoms with Crippen LogP contribution < -0.4 is 20.9 Å². The second-order valence-corrected chi connectivity index (χ2v) is 5.67. The van der Waals surface area contributed by atoms with E-state index in [1.54, 1.807) is 24.3 Å². The highest BCUT2D eigenvalue weighted by Crippen LogP contribution is 2.35. The minimum absolute atomic E-state index is 0.0146. The predicted molar refractivity (Wildman–Crippen MR) is 95.9 cm³/mol. The molecule has 0 saturated heterocycles. The third kappa shape index (κ3) is 5.25. The number of amides is 1. The van der Waals surface area contributed by atoms with Gasteiger partial charge in [0.1, 0.15) is 11.4 Å². The maximum absolute atomic E-state index is 12.9. The van der Waals surface area contributed by atoms with Gasteiger partial charge in [0, 0.05) is 25.1 Å². The lowest BCUT2D eigenvalue weighted by molar-refractivity contribution is -0.384. The van der Waals surface area contributed by atoms with Gasteiger partial charge in [0.25, 0.3) is 5.69 Å². The van der Waals surface area contributed by atoms with Crippen LogP contribution in [0.1, 0.15) is 12.0 Å². The standard InChI is InChI=1S/C17H17F3N4O4/c1-28-13-4-2-3-12(10-13)23(8-7-16(21)25)22-14-6-5-11(17(18,19)20)9-15(14)24(26)27/h2-6,9-10,22H,7-8H2,1H3,(H2,21,25). The van der Waals surface area contributed by atoms with Crippen LogP contribution in [0.3, 0.4) is 0 Å². The highest BCUT2D eigenvalue weighted by molar-refractivity contribution is 5.75. The van der Waals surface area contributed by atoms with Crippen LogP contribution in [0.15, 0.2) is 42.5 Å². The molecule has 1 amide bonds. The van der Waals surface area contributed by atoms with Gasteiger partial charge in [-0.05, 0) is 24.3 Å². The average molecular weight is 398 g/mol. The van der Waals surface area contributed by atoms with E-state index >= 15 is 0 Å². The van der Waals surface area contributed by atoms with Crippen molar-refractivity contribution < 1.29 is 27.6 Å². The summed E-state index contributed by atoms with van der Waals surface area (Å²) in [6.07, 6.45) is -4.82. The predicted octanol–water partition coefficient (Wildman–Crippen LogP) is 3.33. The van der Waals surface area contributed by atoms with Crippen molar-refractivity contribution in [3.63, 3.8) is 0 Å². The van der Waals surface area contributed by atoms with E-state index in [1.807, 2.05) is 0 Å². The highest BCUT2D eigenvalue weighted by Gasteiger charge is 2.33. The largest absolute Gasteiger partial charge is 0.497 e. The molecule has 0 aliphatic heterocycles. The topological polar surface area (TPSA) is 111 Å². The second kappa shape index (κ2) is 8.46. The van der Waals surface area contributed by atoms with Crippen molar-refractivity contribution in [2.75, 3.05) is 24.1 Å². The third-order valence-corrected chi connectivity index (χ3v) is 3.72. The van der Waals surface area contributed by atoms with Crippen LogP contribution in [0.5, 0.6) is 5.75 Å². The fourth-order valence-corrected chi connectivity index (χ4v) is 2.35.